The molecule has 9 rings (SSSR count). The van der Waals surface area contributed by atoms with E-state index in [4.69, 9.17) is 4.42 Å². The van der Waals surface area contributed by atoms with Gasteiger partial charge in [-0.1, -0.05) is 144 Å². The van der Waals surface area contributed by atoms with Crippen LogP contribution in [0.3, 0.4) is 0 Å². The summed E-state index contributed by atoms with van der Waals surface area (Å²) < 4.78 is 6.88. The fourth-order valence-corrected chi connectivity index (χ4v) is 8.42. The molecule has 0 aliphatic rings. The van der Waals surface area contributed by atoms with Crippen molar-refractivity contribution in [2.75, 3.05) is 0 Å². The van der Waals surface area contributed by atoms with Crippen molar-refractivity contribution in [3.63, 3.8) is 0 Å². The van der Waals surface area contributed by atoms with Crippen LogP contribution in [-0.2, 0) is 0 Å². The van der Waals surface area contributed by atoms with Gasteiger partial charge in [-0.2, -0.15) is 0 Å². The Kier molecular flexibility index (Phi) is 7.18. The lowest BCUT2D eigenvalue weighted by molar-refractivity contribution is 0.670. The Morgan fingerprint density at radius 1 is 0.320 bits per heavy atom. The van der Waals surface area contributed by atoms with Crippen molar-refractivity contribution >= 4 is 110 Å². The zero-order valence-electron chi connectivity index (χ0n) is 29.2. The molecule has 8 aromatic carbocycles. The van der Waals surface area contributed by atoms with Gasteiger partial charge in [0.15, 0.2) is 0 Å². The highest BCUT2D eigenvalue weighted by Crippen LogP contribution is 2.47. The van der Waals surface area contributed by atoms with Gasteiger partial charge in [-0.15, -0.1) is 16.4 Å². The first-order valence-corrected chi connectivity index (χ1v) is 17.5. The molecule has 0 saturated heterocycles. The van der Waals surface area contributed by atoms with Gasteiger partial charge < -0.3 is 4.42 Å². The molecule has 0 unspecified atom stereocenters. The van der Waals surface area contributed by atoms with Crippen molar-refractivity contribution in [3.8, 4) is 44.5 Å². The lowest BCUT2D eigenvalue weighted by Crippen LogP contribution is -2.55. The van der Waals surface area contributed by atoms with Gasteiger partial charge in [-0.3, -0.25) is 0 Å². The summed E-state index contributed by atoms with van der Waals surface area (Å²) in [5.74, 6) is 0. The van der Waals surface area contributed by atoms with Gasteiger partial charge in [0, 0.05) is 16.3 Å². The Labute approximate surface area is 297 Å². The van der Waals surface area contributed by atoms with E-state index >= 15 is 0 Å². The van der Waals surface area contributed by atoms with Gasteiger partial charge in [0.2, 0.25) is 0 Å². The molecule has 6 heteroatoms. The fourth-order valence-electron chi connectivity index (χ4n) is 8.42. The molecule has 0 N–H and O–H groups in total. The Morgan fingerprint density at radius 2 is 0.780 bits per heavy atom. The van der Waals surface area contributed by atoms with Crippen LogP contribution in [0.4, 0.5) is 0 Å². The van der Waals surface area contributed by atoms with Crippen molar-refractivity contribution in [2.45, 2.75) is 0 Å². The third-order valence-corrected chi connectivity index (χ3v) is 11.3. The van der Waals surface area contributed by atoms with E-state index in [1.165, 1.54) is 87.8 Å². The maximum atomic E-state index is 6.88. The van der Waals surface area contributed by atoms with Crippen LogP contribution >= 0.6 is 0 Å². The summed E-state index contributed by atoms with van der Waals surface area (Å²) in [5, 5.41) is 7.34. The van der Waals surface area contributed by atoms with Gasteiger partial charge in [0.05, 0.1) is 0 Å². The normalized spacial score (nSPS) is 11.6. The van der Waals surface area contributed by atoms with Gasteiger partial charge in [0.1, 0.15) is 50.4 Å². The molecular weight excluding hydrogens is 599 g/mol. The molecule has 0 saturated carbocycles. The summed E-state index contributed by atoms with van der Waals surface area (Å²) in [7, 11) is 11.4. The second-order valence-electron chi connectivity index (χ2n) is 13.7. The number of fused-ring (bicyclic) bond motifs is 5. The molecule has 1 heterocycles. The van der Waals surface area contributed by atoms with Crippen LogP contribution in [0, 0.1) is 0 Å². The third kappa shape index (κ3) is 4.48. The van der Waals surface area contributed by atoms with E-state index in [0.29, 0.717) is 0 Å². The first kappa shape index (κ1) is 30.5. The molecule has 0 amide bonds. The molecule has 1 nitrogen and oxygen atoms in total. The number of hydrogen-bond acceptors (Lipinski definition) is 1. The average molecular weight is 632 g/mol. The minimum absolute atomic E-state index is 0.899. The zero-order chi connectivity index (χ0) is 34.1. The Morgan fingerprint density at radius 3 is 1.42 bits per heavy atom. The molecule has 0 aliphatic carbocycles. The van der Waals surface area contributed by atoms with E-state index in [9.17, 15) is 0 Å². The Balaban J connectivity index is 1.38. The van der Waals surface area contributed by atoms with Crippen LogP contribution in [0.2, 0.25) is 0 Å². The van der Waals surface area contributed by atoms with Crippen molar-refractivity contribution < 1.29 is 4.42 Å². The van der Waals surface area contributed by atoms with E-state index in [0.717, 1.165) is 27.5 Å². The molecule has 0 spiro atoms. The molecule has 9 aromatic rings. The van der Waals surface area contributed by atoms with Gasteiger partial charge >= 0.3 is 0 Å². The second kappa shape index (κ2) is 11.8. The monoisotopic (exact) mass is 632 g/mol. The smallest absolute Gasteiger partial charge is 0.143 e. The van der Waals surface area contributed by atoms with Crippen molar-refractivity contribution in [1.29, 1.82) is 0 Å². The molecule has 50 heavy (non-hydrogen) atoms. The molecule has 0 atom stereocenters. The molecule has 0 fully saturated rings. The standard InChI is InChI=1S/C44H33B5O/c45-39-38(40(46)42(48)43(49)41(39)47)37-29-18-8-6-16-27(29)35(28-17-7-9-19-30(28)37)32-21-11-23-34-36(32)33-22-10-20-31(44(33)50-34)26-15-5-4-14-25(26)24-12-2-1-3-13-24/h1-23H,45-49H2. The molecule has 0 radical (unpaired) electrons. The summed E-state index contributed by atoms with van der Waals surface area (Å²) in [5.41, 5.74) is 18.5. The van der Waals surface area contributed by atoms with E-state index in [1.54, 1.807) is 0 Å². The van der Waals surface area contributed by atoms with Crippen molar-refractivity contribution in [2.24, 2.45) is 0 Å². The van der Waals surface area contributed by atoms with Crippen molar-refractivity contribution in [1.82, 2.24) is 0 Å². The largest absolute Gasteiger partial charge is 0.455 e. The lowest BCUT2D eigenvalue weighted by Gasteiger charge is -2.24. The molecule has 0 bridgehead atoms. The quantitative estimate of drug-likeness (QED) is 0.213. The summed E-state index contributed by atoms with van der Waals surface area (Å²) in [6.07, 6.45) is 0. The van der Waals surface area contributed by atoms with Crippen LogP contribution in [0.25, 0.3) is 88.0 Å². The summed E-state index contributed by atoms with van der Waals surface area (Å²) in [6.45, 7) is 0. The van der Waals surface area contributed by atoms with E-state index in [2.05, 4.69) is 179 Å². The van der Waals surface area contributed by atoms with Gasteiger partial charge in [-0.05, 0) is 66.6 Å². The molecule has 0 aliphatic heterocycles. The Hall–Kier alpha value is -5.60. The zero-order valence-corrected chi connectivity index (χ0v) is 29.2. The predicted molar refractivity (Wildman–Crippen MR) is 231 cm³/mol. The van der Waals surface area contributed by atoms with Crippen LogP contribution < -0.4 is 27.3 Å². The maximum Gasteiger partial charge on any atom is 0.143 e. The first-order chi connectivity index (χ1) is 24.4. The summed E-state index contributed by atoms with van der Waals surface area (Å²) in [6, 6.07) is 50.4. The number of benzene rings is 8. The van der Waals surface area contributed by atoms with Crippen LogP contribution in [-0.4, -0.2) is 39.2 Å². The Bertz CT molecular complexity index is 2730. The van der Waals surface area contributed by atoms with Crippen LogP contribution in [0.5, 0.6) is 0 Å². The molecular formula is C44H33B5O. The van der Waals surface area contributed by atoms with Crippen LogP contribution in [0.15, 0.2) is 144 Å². The average Bonchev–Trinajstić information content (AvgIpc) is 3.56. The topological polar surface area (TPSA) is 13.1 Å². The molecule has 230 valence electrons. The lowest BCUT2D eigenvalue weighted by atomic mass is 9.59. The minimum atomic E-state index is 0.899. The van der Waals surface area contributed by atoms with Crippen LogP contribution in [0.1, 0.15) is 0 Å². The van der Waals surface area contributed by atoms with E-state index in [1.807, 2.05) is 0 Å². The van der Waals surface area contributed by atoms with E-state index in [-0.39, 0.29) is 0 Å². The first-order valence-electron chi connectivity index (χ1n) is 17.5. The number of para-hydroxylation sites is 1. The maximum absolute atomic E-state index is 6.88. The van der Waals surface area contributed by atoms with Gasteiger partial charge in [0.25, 0.3) is 0 Å². The SMILES string of the molecule is Bc1c(B)c(B)c(-c2c3ccccc3c(-c3cccc4oc5c(-c6ccccc6-c6ccccc6)cccc5c34)c3ccccc23)c(B)c1B. The highest BCUT2D eigenvalue weighted by atomic mass is 16.3. The summed E-state index contributed by atoms with van der Waals surface area (Å²) in [4.78, 5) is 0. The predicted octanol–water partition coefficient (Wildman–Crippen LogP) is 3.85. The van der Waals surface area contributed by atoms with Gasteiger partial charge in [-0.25, -0.2) is 0 Å². The van der Waals surface area contributed by atoms with E-state index < -0.39 is 0 Å². The highest BCUT2D eigenvalue weighted by molar-refractivity contribution is 6.69. The third-order valence-electron chi connectivity index (χ3n) is 11.3. The second-order valence-corrected chi connectivity index (χ2v) is 13.7. The number of hydrogen-bond donors (Lipinski definition) is 0. The minimum Gasteiger partial charge on any atom is -0.455 e. The highest BCUT2D eigenvalue weighted by Gasteiger charge is 2.23. The fraction of sp³-hybridized carbons (Fsp3) is 0. The number of rotatable bonds is 4. The number of furan rings is 1. The summed E-state index contributed by atoms with van der Waals surface area (Å²) >= 11 is 0. The van der Waals surface area contributed by atoms with Crippen molar-refractivity contribution in [3.05, 3.63) is 140 Å². The molecule has 1 aromatic heterocycles.